The van der Waals surface area contributed by atoms with Crippen LogP contribution in [0.5, 0.6) is 0 Å². The molecule has 1 aromatic heterocycles. The molecule has 1 aromatic carbocycles. The molecule has 0 atom stereocenters. The number of hydrogen-bond donors (Lipinski definition) is 1. The van der Waals surface area contributed by atoms with Gasteiger partial charge in [0, 0.05) is 0 Å². The molecular weight excluding hydrogens is 358 g/mol. The summed E-state index contributed by atoms with van der Waals surface area (Å²) in [6, 6.07) is 2.23. The third kappa shape index (κ3) is 3.29. The lowest BCUT2D eigenvalue weighted by molar-refractivity contribution is 0.602. The smallest absolute Gasteiger partial charge is 0.273 e. The third-order valence-electron chi connectivity index (χ3n) is 1.96. The van der Waals surface area contributed by atoms with E-state index in [4.69, 9.17) is 34.8 Å². The molecule has 0 saturated carbocycles. The van der Waals surface area contributed by atoms with Crippen molar-refractivity contribution in [1.29, 1.82) is 0 Å². The van der Waals surface area contributed by atoms with E-state index in [1.807, 2.05) is 0 Å². The zero-order valence-corrected chi connectivity index (χ0v) is 12.7. The van der Waals surface area contributed by atoms with E-state index in [1.165, 1.54) is 0 Å². The van der Waals surface area contributed by atoms with E-state index in [2.05, 4.69) is 9.71 Å². The van der Waals surface area contributed by atoms with Gasteiger partial charge in [-0.25, -0.2) is 17.8 Å². The largest absolute Gasteiger partial charge is 0.279 e. The van der Waals surface area contributed by atoms with Gasteiger partial charge < -0.3 is 0 Å². The Morgan fingerprint density at radius 3 is 2.26 bits per heavy atom. The van der Waals surface area contributed by atoms with Crippen molar-refractivity contribution < 1.29 is 12.8 Å². The number of nitrogens with one attached hydrogen (secondary N) is 1. The van der Waals surface area contributed by atoms with E-state index in [-0.39, 0.29) is 24.4 Å². The number of rotatable bonds is 3. The molecule has 4 nitrogen and oxygen atoms in total. The molecule has 19 heavy (non-hydrogen) atoms. The molecule has 0 fully saturated rings. The first kappa shape index (κ1) is 14.8. The summed E-state index contributed by atoms with van der Waals surface area (Å²) < 4.78 is 39.3. The summed E-state index contributed by atoms with van der Waals surface area (Å²) in [6.45, 7) is 0. The van der Waals surface area contributed by atoms with Crippen LogP contribution in [0.3, 0.4) is 0 Å². The predicted molar refractivity (Wildman–Crippen MR) is 74.4 cm³/mol. The Morgan fingerprint density at radius 1 is 1.21 bits per heavy atom. The van der Waals surface area contributed by atoms with Crippen molar-refractivity contribution in [3.8, 4) is 0 Å². The second-order valence-corrected chi connectivity index (χ2v) is 7.63. The molecule has 102 valence electrons. The van der Waals surface area contributed by atoms with Gasteiger partial charge in [0.25, 0.3) is 10.0 Å². The minimum atomic E-state index is -3.86. The second kappa shape index (κ2) is 5.41. The van der Waals surface area contributed by atoms with Crippen molar-refractivity contribution in [2.75, 3.05) is 4.72 Å². The average Bonchev–Trinajstić information content (AvgIpc) is 2.73. The van der Waals surface area contributed by atoms with Gasteiger partial charge >= 0.3 is 0 Å². The van der Waals surface area contributed by atoms with Crippen LogP contribution in [0.2, 0.25) is 14.5 Å². The molecule has 0 spiro atoms. The first-order valence-electron chi connectivity index (χ1n) is 4.58. The number of benzene rings is 1. The van der Waals surface area contributed by atoms with Gasteiger partial charge in [-0.3, -0.25) is 4.72 Å². The fourth-order valence-corrected chi connectivity index (χ4v) is 4.00. The third-order valence-corrected chi connectivity index (χ3v) is 5.46. The van der Waals surface area contributed by atoms with Gasteiger partial charge in [-0.1, -0.05) is 46.1 Å². The first-order chi connectivity index (χ1) is 8.79. The maximum Gasteiger partial charge on any atom is 0.273 e. The molecule has 2 rings (SSSR count). The molecule has 0 aliphatic rings. The summed E-state index contributed by atoms with van der Waals surface area (Å²) in [4.78, 5) is 3.63. The molecule has 1 heterocycles. The van der Waals surface area contributed by atoms with Gasteiger partial charge in [0.1, 0.15) is 0 Å². The minimum Gasteiger partial charge on any atom is -0.279 e. The van der Waals surface area contributed by atoms with Crippen molar-refractivity contribution in [2.24, 2.45) is 0 Å². The van der Waals surface area contributed by atoms with Crippen molar-refractivity contribution in [1.82, 2.24) is 4.98 Å². The Balaban J connectivity index is 2.36. The van der Waals surface area contributed by atoms with Gasteiger partial charge in [-0.05, 0) is 12.1 Å². The number of aromatic nitrogens is 1. The molecular formula is C9H4Cl3FN2O2S2. The highest BCUT2D eigenvalue weighted by molar-refractivity contribution is 7.94. The molecule has 1 N–H and O–H groups in total. The van der Waals surface area contributed by atoms with Gasteiger partial charge in [0.05, 0.1) is 21.9 Å². The van der Waals surface area contributed by atoms with Gasteiger partial charge in [-0.15, -0.1) is 0 Å². The summed E-state index contributed by atoms with van der Waals surface area (Å²) in [7, 11) is -3.86. The van der Waals surface area contributed by atoms with Gasteiger partial charge in [-0.2, -0.15) is 0 Å². The van der Waals surface area contributed by atoms with Crippen LogP contribution < -0.4 is 4.72 Å². The highest BCUT2D eigenvalue weighted by Crippen LogP contribution is 2.30. The standard InChI is InChI=1S/C9H4Cl3FN2O2S2/c10-5-1-4(2-6(11)8(5)13)15-19(16,17)7-3-14-9(12)18-7/h1-3,15H. The monoisotopic (exact) mass is 360 g/mol. The zero-order chi connectivity index (χ0) is 14.2. The molecule has 0 amide bonds. The number of thiazole rings is 1. The fourth-order valence-electron chi connectivity index (χ4n) is 1.18. The maximum atomic E-state index is 13.2. The maximum absolute atomic E-state index is 13.2. The molecule has 0 unspecified atom stereocenters. The summed E-state index contributed by atoms with van der Waals surface area (Å²) >= 11 is 17.5. The van der Waals surface area contributed by atoms with E-state index < -0.39 is 15.8 Å². The number of anilines is 1. The average molecular weight is 362 g/mol. The van der Waals surface area contributed by atoms with Crippen LogP contribution in [-0.4, -0.2) is 13.4 Å². The normalized spacial score (nSPS) is 11.6. The van der Waals surface area contributed by atoms with Crippen LogP contribution in [0.15, 0.2) is 22.5 Å². The van der Waals surface area contributed by atoms with E-state index >= 15 is 0 Å². The SMILES string of the molecule is O=S(=O)(Nc1cc(Cl)c(F)c(Cl)c1)c1cnc(Cl)s1. The molecule has 0 saturated heterocycles. The number of hydrogen-bond acceptors (Lipinski definition) is 4. The van der Waals surface area contributed by atoms with Crippen LogP contribution in [0, 0.1) is 5.82 Å². The molecule has 0 aliphatic heterocycles. The number of nitrogens with zero attached hydrogens (tertiary/aromatic N) is 1. The Bertz CT molecular complexity index is 710. The lowest BCUT2D eigenvalue weighted by atomic mass is 10.3. The van der Waals surface area contributed by atoms with Crippen LogP contribution in [0.25, 0.3) is 0 Å². The van der Waals surface area contributed by atoms with Crippen LogP contribution in [0.4, 0.5) is 10.1 Å². The van der Waals surface area contributed by atoms with E-state index in [0.717, 1.165) is 29.7 Å². The Kier molecular flexibility index (Phi) is 4.22. The van der Waals surface area contributed by atoms with Crippen LogP contribution >= 0.6 is 46.1 Å². The molecule has 0 radical (unpaired) electrons. The second-order valence-electron chi connectivity index (χ2n) is 3.29. The Labute approximate surface area is 127 Å². The summed E-state index contributed by atoms with van der Waals surface area (Å²) in [6.07, 6.45) is 1.11. The van der Waals surface area contributed by atoms with Crippen molar-refractivity contribution in [3.63, 3.8) is 0 Å². The lowest BCUT2D eigenvalue weighted by Crippen LogP contribution is -2.11. The zero-order valence-electron chi connectivity index (χ0n) is 8.82. The molecule has 2 aromatic rings. The quantitative estimate of drug-likeness (QED) is 0.839. The van der Waals surface area contributed by atoms with E-state index in [9.17, 15) is 12.8 Å². The molecule has 10 heteroatoms. The van der Waals surface area contributed by atoms with Crippen molar-refractivity contribution in [3.05, 3.63) is 38.7 Å². The minimum absolute atomic E-state index is 0.0425. The summed E-state index contributed by atoms with van der Waals surface area (Å²) in [5.74, 6) is -0.813. The highest BCUT2D eigenvalue weighted by Gasteiger charge is 2.19. The van der Waals surface area contributed by atoms with E-state index in [0.29, 0.717) is 0 Å². The van der Waals surface area contributed by atoms with Crippen LogP contribution in [0.1, 0.15) is 0 Å². The molecule has 0 aliphatic carbocycles. The highest BCUT2D eigenvalue weighted by atomic mass is 35.5. The Hall–Kier alpha value is -0.600. The topological polar surface area (TPSA) is 59.1 Å². The van der Waals surface area contributed by atoms with Crippen LogP contribution in [-0.2, 0) is 10.0 Å². The van der Waals surface area contributed by atoms with Crippen molar-refractivity contribution in [2.45, 2.75) is 4.21 Å². The first-order valence-corrected chi connectivity index (χ1v) is 8.01. The Morgan fingerprint density at radius 2 is 1.79 bits per heavy atom. The molecule has 0 bridgehead atoms. The number of halogens is 4. The van der Waals surface area contributed by atoms with Crippen molar-refractivity contribution >= 4 is 61.9 Å². The fraction of sp³-hybridized carbons (Fsp3) is 0. The predicted octanol–water partition coefficient (Wildman–Crippen LogP) is 4.04. The van der Waals surface area contributed by atoms with E-state index in [1.54, 1.807) is 0 Å². The summed E-state index contributed by atoms with van der Waals surface area (Å²) in [5.41, 5.74) is 0.0425. The number of sulfonamides is 1. The van der Waals surface area contributed by atoms with Gasteiger partial charge in [0.15, 0.2) is 14.5 Å². The summed E-state index contributed by atoms with van der Waals surface area (Å²) in [5, 5.41) is -0.569. The lowest BCUT2D eigenvalue weighted by Gasteiger charge is -2.07. The van der Waals surface area contributed by atoms with Gasteiger partial charge in [0.2, 0.25) is 0 Å².